The third-order valence-corrected chi connectivity index (χ3v) is 5.70. The Bertz CT molecular complexity index is 628. The molecule has 0 bridgehead atoms. The lowest BCUT2D eigenvalue weighted by Crippen LogP contribution is -3.14. The van der Waals surface area contributed by atoms with Crippen molar-refractivity contribution in [3.8, 4) is 0 Å². The van der Waals surface area contributed by atoms with Gasteiger partial charge in [0.25, 0.3) is 0 Å². The van der Waals surface area contributed by atoms with Crippen LogP contribution in [-0.2, 0) is 14.3 Å². The number of amides is 2. The number of nitrogens with zero attached hydrogens (tertiary/aromatic N) is 2. The standard InChI is InChI=1S/C19H28N4O3S/c24-17-16(14-20-7-9-22-10-12-26-13-11-22)18(25)23(19(27)21-17)8-6-15-4-2-1-3-5-15/h4,14,16H,1-3,5-13H2,(H,21,24,27)/p+1/t16-/m1/s1. The van der Waals surface area contributed by atoms with Gasteiger partial charge in [0.05, 0.1) is 26.3 Å². The molecular formula is C19H29N4O3S+. The maximum Gasteiger partial charge on any atom is 0.246 e. The van der Waals surface area contributed by atoms with E-state index in [4.69, 9.17) is 17.0 Å². The molecule has 2 amide bonds. The summed E-state index contributed by atoms with van der Waals surface area (Å²) in [4.78, 5) is 32.3. The van der Waals surface area contributed by atoms with Gasteiger partial charge in [0.15, 0.2) is 11.0 Å². The van der Waals surface area contributed by atoms with Gasteiger partial charge in [-0.1, -0.05) is 11.6 Å². The Morgan fingerprint density at radius 1 is 1.33 bits per heavy atom. The highest BCUT2D eigenvalue weighted by molar-refractivity contribution is 7.80. The van der Waals surface area contributed by atoms with E-state index in [1.54, 1.807) is 0 Å². The first kappa shape index (κ1) is 20.1. The molecule has 1 aliphatic carbocycles. The summed E-state index contributed by atoms with van der Waals surface area (Å²) in [5.74, 6) is -1.51. The molecule has 148 valence electrons. The van der Waals surface area contributed by atoms with Crippen molar-refractivity contribution in [2.45, 2.75) is 32.1 Å². The van der Waals surface area contributed by atoms with Crippen LogP contribution in [0.5, 0.6) is 0 Å². The van der Waals surface area contributed by atoms with Crippen molar-refractivity contribution >= 4 is 35.4 Å². The van der Waals surface area contributed by atoms with Crippen LogP contribution in [0.2, 0.25) is 0 Å². The van der Waals surface area contributed by atoms with E-state index in [0.29, 0.717) is 13.1 Å². The molecule has 2 heterocycles. The number of allylic oxidation sites excluding steroid dienone is 1. The molecule has 3 rings (SSSR count). The largest absolute Gasteiger partial charge is 0.370 e. The van der Waals surface area contributed by atoms with Crippen molar-refractivity contribution in [3.63, 3.8) is 0 Å². The van der Waals surface area contributed by atoms with Gasteiger partial charge in [0, 0.05) is 12.8 Å². The van der Waals surface area contributed by atoms with Crippen molar-refractivity contribution in [1.29, 1.82) is 0 Å². The third-order valence-electron chi connectivity index (χ3n) is 5.38. The molecule has 3 aliphatic rings. The lowest BCUT2D eigenvalue weighted by Gasteiger charge is -2.31. The minimum atomic E-state index is -0.878. The van der Waals surface area contributed by atoms with E-state index >= 15 is 0 Å². The number of rotatable bonds is 7. The first-order chi connectivity index (χ1) is 13.1. The van der Waals surface area contributed by atoms with E-state index in [9.17, 15) is 9.59 Å². The van der Waals surface area contributed by atoms with Crippen LogP contribution >= 0.6 is 12.2 Å². The summed E-state index contributed by atoms with van der Waals surface area (Å²) in [5.41, 5.74) is 1.38. The van der Waals surface area contributed by atoms with E-state index in [2.05, 4.69) is 16.4 Å². The molecule has 2 N–H and O–H groups in total. The topological polar surface area (TPSA) is 75.4 Å². The first-order valence-corrected chi connectivity index (χ1v) is 10.3. The molecule has 2 saturated heterocycles. The van der Waals surface area contributed by atoms with Gasteiger partial charge in [-0.3, -0.25) is 19.5 Å². The van der Waals surface area contributed by atoms with Crippen molar-refractivity contribution in [2.24, 2.45) is 10.9 Å². The van der Waals surface area contributed by atoms with Crippen LogP contribution in [0.3, 0.4) is 0 Å². The fourth-order valence-electron chi connectivity index (χ4n) is 3.67. The Balaban J connectivity index is 1.51. The van der Waals surface area contributed by atoms with Gasteiger partial charge in [0.1, 0.15) is 13.1 Å². The van der Waals surface area contributed by atoms with Crippen molar-refractivity contribution in [2.75, 3.05) is 45.9 Å². The number of thiocarbonyl (C=S) groups is 1. The molecule has 0 aromatic heterocycles. The van der Waals surface area contributed by atoms with Crippen LogP contribution in [0.1, 0.15) is 32.1 Å². The van der Waals surface area contributed by atoms with Crippen molar-refractivity contribution in [3.05, 3.63) is 11.6 Å². The van der Waals surface area contributed by atoms with Crippen molar-refractivity contribution < 1.29 is 19.2 Å². The number of nitrogens with one attached hydrogen (secondary N) is 2. The summed E-state index contributed by atoms with van der Waals surface area (Å²) in [7, 11) is 0. The monoisotopic (exact) mass is 393 g/mol. The molecule has 2 aliphatic heterocycles. The highest BCUT2D eigenvalue weighted by atomic mass is 32.1. The molecule has 0 spiro atoms. The van der Waals surface area contributed by atoms with Gasteiger partial charge in [0.2, 0.25) is 11.8 Å². The smallest absolute Gasteiger partial charge is 0.246 e. The second-order valence-electron chi connectivity index (χ2n) is 7.29. The van der Waals surface area contributed by atoms with Gasteiger partial charge < -0.3 is 15.0 Å². The Hall–Kier alpha value is -1.64. The second kappa shape index (κ2) is 10.1. The quantitative estimate of drug-likeness (QED) is 0.270. The van der Waals surface area contributed by atoms with Crippen LogP contribution in [-0.4, -0.2) is 74.0 Å². The van der Waals surface area contributed by atoms with Crippen LogP contribution in [0, 0.1) is 5.92 Å². The van der Waals surface area contributed by atoms with Gasteiger partial charge in [-0.25, -0.2) is 0 Å². The fraction of sp³-hybridized carbons (Fsp3) is 0.684. The number of aliphatic imine (C=N–C) groups is 1. The van der Waals surface area contributed by atoms with Crippen LogP contribution < -0.4 is 10.2 Å². The summed E-state index contributed by atoms with van der Waals surface area (Å²) < 4.78 is 5.34. The average molecular weight is 394 g/mol. The lowest BCUT2D eigenvalue weighted by molar-refractivity contribution is -0.906. The van der Waals surface area contributed by atoms with E-state index in [1.807, 2.05) is 0 Å². The normalized spacial score (nSPS) is 25.0. The predicted molar refractivity (Wildman–Crippen MR) is 107 cm³/mol. The predicted octanol–water partition coefficient (Wildman–Crippen LogP) is -0.278. The number of hydrogen-bond donors (Lipinski definition) is 2. The first-order valence-electron chi connectivity index (χ1n) is 9.90. The summed E-state index contributed by atoms with van der Waals surface area (Å²) in [5, 5.41) is 2.86. The Kier molecular flexibility index (Phi) is 7.49. The molecule has 0 saturated carbocycles. The van der Waals surface area contributed by atoms with E-state index in [1.165, 1.54) is 34.4 Å². The zero-order chi connectivity index (χ0) is 19.1. The molecule has 0 radical (unpaired) electrons. The Morgan fingerprint density at radius 3 is 2.89 bits per heavy atom. The minimum Gasteiger partial charge on any atom is -0.370 e. The number of quaternary nitrogens is 1. The average Bonchev–Trinajstić information content (AvgIpc) is 2.68. The summed E-state index contributed by atoms with van der Waals surface area (Å²) in [6.45, 7) is 5.54. The fourth-order valence-corrected chi connectivity index (χ4v) is 3.96. The molecule has 0 aromatic carbocycles. The number of ether oxygens (including phenoxy) is 1. The van der Waals surface area contributed by atoms with Crippen LogP contribution in [0.4, 0.5) is 0 Å². The molecule has 7 nitrogen and oxygen atoms in total. The van der Waals surface area contributed by atoms with E-state index in [0.717, 1.165) is 52.1 Å². The highest BCUT2D eigenvalue weighted by Gasteiger charge is 2.37. The third kappa shape index (κ3) is 5.67. The Labute approximate surface area is 165 Å². The van der Waals surface area contributed by atoms with Crippen LogP contribution in [0.15, 0.2) is 16.6 Å². The Morgan fingerprint density at radius 2 is 2.15 bits per heavy atom. The molecule has 0 unspecified atom stereocenters. The molecule has 27 heavy (non-hydrogen) atoms. The van der Waals surface area contributed by atoms with E-state index < -0.39 is 5.92 Å². The summed E-state index contributed by atoms with van der Waals surface area (Å²) in [6, 6.07) is 0. The zero-order valence-electron chi connectivity index (χ0n) is 15.7. The summed E-state index contributed by atoms with van der Waals surface area (Å²) in [6.07, 6.45) is 9.23. The highest BCUT2D eigenvalue weighted by Crippen LogP contribution is 2.21. The molecule has 1 atom stereocenters. The van der Waals surface area contributed by atoms with Gasteiger partial charge >= 0.3 is 0 Å². The summed E-state index contributed by atoms with van der Waals surface area (Å²) >= 11 is 5.22. The van der Waals surface area contributed by atoms with Gasteiger partial charge in [-0.05, 0) is 44.3 Å². The van der Waals surface area contributed by atoms with Crippen LogP contribution in [0.25, 0.3) is 0 Å². The lowest BCUT2D eigenvalue weighted by atomic mass is 9.97. The minimum absolute atomic E-state index is 0.212. The second-order valence-corrected chi connectivity index (χ2v) is 7.67. The molecule has 8 heteroatoms. The zero-order valence-corrected chi connectivity index (χ0v) is 16.6. The van der Waals surface area contributed by atoms with Gasteiger partial charge in [-0.15, -0.1) is 0 Å². The molecular weight excluding hydrogens is 364 g/mol. The SMILES string of the molecule is O=C1NC(=S)N(CCC2=CCCCC2)C(=O)[C@@H]1C=NCC[NH+]1CCOCC1. The molecule has 0 aromatic rings. The molecule has 2 fully saturated rings. The number of hydrogen-bond acceptors (Lipinski definition) is 5. The number of morpholine rings is 1. The van der Waals surface area contributed by atoms with E-state index in [-0.39, 0.29) is 16.9 Å². The van der Waals surface area contributed by atoms with Crippen molar-refractivity contribution in [1.82, 2.24) is 10.2 Å². The maximum absolute atomic E-state index is 12.8. The maximum atomic E-state index is 12.8. The van der Waals surface area contributed by atoms with Gasteiger partial charge in [-0.2, -0.15) is 0 Å². The number of carbonyl (C=O) groups is 2. The number of carbonyl (C=O) groups excluding carboxylic acids is 2.